The van der Waals surface area contributed by atoms with Crippen molar-refractivity contribution in [1.82, 2.24) is 15.1 Å². The van der Waals surface area contributed by atoms with E-state index in [-0.39, 0.29) is 37.4 Å². The number of cyclic esters (lactones) is 1. The maximum absolute atomic E-state index is 14.4. The van der Waals surface area contributed by atoms with Crippen LogP contribution in [0.3, 0.4) is 0 Å². The second-order valence-corrected chi connectivity index (χ2v) is 11.4. The Labute approximate surface area is 240 Å². The zero-order valence-corrected chi connectivity index (χ0v) is 23.8. The second-order valence-electron chi connectivity index (χ2n) is 11.4. The van der Waals surface area contributed by atoms with Gasteiger partial charge in [-0.2, -0.15) is 0 Å². The zero-order valence-electron chi connectivity index (χ0n) is 23.8. The minimum Gasteiger partial charge on any atom is -0.455 e. The smallest absolute Gasteiger partial charge is 0.313 e. The Hall–Kier alpha value is -3.50. The second kappa shape index (κ2) is 11.8. The molecule has 4 aliphatic rings. The van der Waals surface area contributed by atoms with Crippen LogP contribution in [0.1, 0.15) is 51.7 Å². The van der Waals surface area contributed by atoms with E-state index < -0.39 is 53.6 Å². The van der Waals surface area contributed by atoms with Gasteiger partial charge >= 0.3 is 5.97 Å². The molecule has 4 aliphatic heterocycles. The quantitative estimate of drug-likeness (QED) is 0.413. The van der Waals surface area contributed by atoms with Crippen LogP contribution in [0.4, 0.5) is 0 Å². The average Bonchev–Trinajstić information content (AvgIpc) is 3.34. The fourth-order valence-corrected chi connectivity index (χ4v) is 6.64. The van der Waals surface area contributed by atoms with Crippen molar-refractivity contribution in [1.29, 1.82) is 0 Å². The standard InChI is InChI=1S/C31H39N3O7/c1-4-21(18-35)34-27-29(38)33(19(2)3)16-10-15-31(27)26(28(34)37)25-22(41-31)13-8-9-14-24(36)32-17-23(40-30(25)39)20-11-6-5-7-12-20/h5-8,10-13,15,19,21-23,25-27,35H,4,9,14,16-18H2,1-3H3,(H,32,36)/b13-8-/t21-,22-,23+,25+,26+,27-,31+/m0/s1. The van der Waals surface area contributed by atoms with Gasteiger partial charge in [0.05, 0.1) is 31.2 Å². The molecule has 0 unspecified atom stereocenters. The first-order valence-electron chi connectivity index (χ1n) is 14.5. The first-order chi connectivity index (χ1) is 19.7. The Bertz CT molecular complexity index is 1230. The highest BCUT2D eigenvalue weighted by Crippen LogP contribution is 2.54. The summed E-state index contributed by atoms with van der Waals surface area (Å²) < 4.78 is 12.7. The summed E-state index contributed by atoms with van der Waals surface area (Å²) in [5, 5.41) is 13.1. The molecule has 5 rings (SSSR count). The van der Waals surface area contributed by atoms with E-state index in [1.165, 1.54) is 4.90 Å². The number of aliphatic hydroxyl groups is 1. The number of esters is 1. The molecule has 1 aromatic rings. The number of nitrogens with one attached hydrogen (secondary N) is 1. The molecule has 4 heterocycles. The summed E-state index contributed by atoms with van der Waals surface area (Å²) in [5.41, 5.74) is -0.713. The molecule has 2 fully saturated rings. The number of hydrogen-bond acceptors (Lipinski definition) is 7. The van der Waals surface area contributed by atoms with Crippen LogP contribution in [0.15, 0.2) is 54.6 Å². The fraction of sp³-hybridized carbons (Fsp3) is 0.548. The number of carbonyl (C=O) groups excluding carboxylic acids is 4. The van der Waals surface area contributed by atoms with Crippen molar-refractivity contribution in [3.8, 4) is 0 Å². The summed E-state index contributed by atoms with van der Waals surface area (Å²) in [7, 11) is 0. The molecule has 1 aromatic carbocycles. The van der Waals surface area contributed by atoms with Gasteiger partial charge in [-0.3, -0.25) is 19.2 Å². The maximum Gasteiger partial charge on any atom is 0.313 e. The van der Waals surface area contributed by atoms with Crippen LogP contribution in [0, 0.1) is 11.8 Å². The summed E-state index contributed by atoms with van der Waals surface area (Å²) in [6.45, 7) is 5.76. The molecule has 7 atom stereocenters. The Morgan fingerprint density at radius 2 is 1.85 bits per heavy atom. The van der Waals surface area contributed by atoms with Gasteiger partial charge in [-0.1, -0.05) is 61.6 Å². The van der Waals surface area contributed by atoms with E-state index in [0.29, 0.717) is 24.9 Å². The number of rotatable bonds is 5. The summed E-state index contributed by atoms with van der Waals surface area (Å²) in [5.74, 6) is -3.56. The molecule has 0 aliphatic carbocycles. The van der Waals surface area contributed by atoms with Crippen molar-refractivity contribution in [2.24, 2.45) is 11.8 Å². The minimum absolute atomic E-state index is 0.0825. The normalized spacial score (nSPS) is 33.6. The first kappa shape index (κ1) is 29.0. The SMILES string of the molecule is CC[C@@H](CO)N1C(=O)[C@H]2[C@@H]3C(=O)O[C@@H](c4ccccc4)CNC(=O)CC/C=C\[C@@H]3O[C@]23C=CCN(C(C)C)C(=O)[C@H]13. The van der Waals surface area contributed by atoms with Crippen LogP contribution >= 0.6 is 0 Å². The van der Waals surface area contributed by atoms with Crippen molar-refractivity contribution < 1.29 is 33.8 Å². The van der Waals surface area contributed by atoms with Crippen LogP contribution in [0.25, 0.3) is 0 Å². The highest BCUT2D eigenvalue weighted by atomic mass is 16.6. The number of amides is 3. The summed E-state index contributed by atoms with van der Waals surface area (Å²) in [6.07, 6.45) is 6.56. The minimum atomic E-state index is -1.42. The molecule has 41 heavy (non-hydrogen) atoms. The Morgan fingerprint density at radius 1 is 1.10 bits per heavy atom. The van der Waals surface area contributed by atoms with Crippen molar-refractivity contribution in [2.45, 2.75) is 76.0 Å². The van der Waals surface area contributed by atoms with Crippen molar-refractivity contribution in [2.75, 3.05) is 19.7 Å². The highest BCUT2D eigenvalue weighted by Gasteiger charge is 2.72. The Morgan fingerprint density at radius 3 is 2.54 bits per heavy atom. The molecule has 1 spiro atoms. The lowest BCUT2D eigenvalue weighted by molar-refractivity contribution is -0.161. The monoisotopic (exact) mass is 565 g/mol. The Balaban J connectivity index is 1.61. The molecular weight excluding hydrogens is 526 g/mol. The van der Waals surface area contributed by atoms with Gasteiger partial charge in [-0.05, 0) is 32.3 Å². The predicted molar refractivity (Wildman–Crippen MR) is 149 cm³/mol. The van der Waals surface area contributed by atoms with Gasteiger partial charge in [-0.25, -0.2) is 0 Å². The third-order valence-corrected chi connectivity index (χ3v) is 8.71. The lowest BCUT2D eigenvalue weighted by Crippen LogP contribution is -2.58. The van der Waals surface area contributed by atoms with Crippen LogP contribution in [-0.2, 0) is 28.7 Å². The van der Waals surface area contributed by atoms with Gasteiger partial charge in [0, 0.05) is 19.0 Å². The van der Waals surface area contributed by atoms with E-state index in [2.05, 4.69) is 5.32 Å². The maximum atomic E-state index is 14.4. The fourth-order valence-electron chi connectivity index (χ4n) is 6.64. The van der Waals surface area contributed by atoms with Crippen LogP contribution < -0.4 is 5.32 Å². The first-order valence-corrected chi connectivity index (χ1v) is 14.5. The average molecular weight is 566 g/mol. The van der Waals surface area contributed by atoms with Gasteiger partial charge in [0.1, 0.15) is 23.7 Å². The highest BCUT2D eigenvalue weighted by molar-refractivity contribution is 5.99. The van der Waals surface area contributed by atoms with Gasteiger partial charge in [0.25, 0.3) is 0 Å². The van der Waals surface area contributed by atoms with E-state index in [1.807, 2.05) is 57.2 Å². The molecule has 2 N–H and O–H groups in total. The molecular formula is C31H39N3O7. The number of ether oxygens (including phenoxy) is 2. The predicted octanol–water partition coefficient (Wildman–Crippen LogP) is 1.90. The lowest BCUT2D eigenvalue weighted by atomic mass is 9.77. The number of likely N-dealkylation sites (tertiary alicyclic amines) is 1. The van der Waals surface area contributed by atoms with Crippen molar-refractivity contribution in [3.63, 3.8) is 0 Å². The lowest BCUT2D eigenvalue weighted by Gasteiger charge is -2.39. The van der Waals surface area contributed by atoms with E-state index >= 15 is 0 Å². The molecule has 0 radical (unpaired) electrons. The third-order valence-electron chi connectivity index (χ3n) is 8.71. The molecule has 0 aromatic heterocycles. The summed E-state index contributed by atoms with van der Waals surface area (Å²) in [4.78, 5) is 58.2. The van der Waals surface area contributed by atoms with Gasteiger partial charge in [0.2, 0.25) is 17.7 Å². The number of fused-ring (bicyclic) bond motifs is 2. The van der Waals surface area contributed by atoms with Crippen LogP contribution in [-0.4, -0.2) is 88.1 Å². The molecule has 10 nitrogen and oxygen atoms in total. The van der Waals surface area contributed by atoms with E-state index in [4.69, 9.17) is 9.47 Å². The number of aliphatic hydroxyl groups excluding tert-OH is 1. The molecule has 220 valence electrons. The third kappa shape index (κ3) is 5.08. The topological polar surface area (TPSA) is 125 Å². The van der Waals surface area contributed by atoms with E-state index in [0.717, 1.165) is 0 Å². The number of nitrogens with zero attached hydrogens (tertiary/aromatic N) is 2. The van der Waals surface area contributed by atoms with E-state index in [1.54, 1.807) is 23.1 Å². The van der Waals surface area contributed by atoms with Gasteiger partial charge in [0.15, 0.2) is 0 Å². The molecule has 2 saturated heterocycles. The summed E-state index contributed by atoms with van der Waals surface area (Å²) >= 11 is 0. The molecule has 10 heteroatoms. The van der Waals surface area contributed by atoms with E-state index in [9.17, 15) is 24.3 Å². The van der Waals surface area contributed by atoms with Crippen LogP contribution in [0.2, 0.25) is 0 Å². The molecule has 3 amide bonds. The summed E-state index contributed by atoms with van der Waals surface area (Å²) in [6, 6.07) is 7.34. The Kier molecular flexibility index (Phi) is 8.33. The number of carbonyl (C=O) groups is 4. The largest absolute Gasteiger partial charge is 0.455 e. The molecule has 0 bridgehead atoms. The van der Waals surface area contributed by atoms with Crippen molar-refractivity contribution >= 4 is 23.7 Å². The van der Waals surface area contributed by atoms with Gasteiger partial charge < -0.3 is 29.7 Å². The number of hydrogen-bond donors (Lipinski definition) is 2. The molecule has 0 saturated carbocycles. The van der Waals surface area contributed by atoms with Crippen molar-refractivity contribution in [3.05, 3.63) is 60.2 Å². The van der Waals surface area contributed by atoms with Gasteiger partial charge in [-0.15, -0.1) is 0 Å². The number of allylic oxidation sites excluding steroid dienone is 1. The number of benzene rings is 1. The van der Waals surface area contributed by atoms with Crippen LogP contribution in [0.5, 0.6) is 0 Å². The zero-order chi connectivity index (χ0) is 29.3.